The molecule has 0 saturated heterocycles. The second kappa shape index (κ2) is 7.83. The fraction of sp³-hybridized carbons (Fsp3) is 0.300. The summed E-state index contributed by atoms with van der Waals surface area (Å²) in [6.45, 7) is 2.11. The molecule has 2 amide bonds. The van der Waals surface area contributed by atoms with Crippen LogP contribution in [0.2, 0.25) is 5.02 Å². The Morgan fingerprint density at radius 3 is 2.54 bits per heavy atom. The van der Waals surface area contributed by atoms with Crippen LogP contribution >= 0.6 is 11.6 Å². The second-order valence-electron chi connectivity index (χ2n) is 6.39. The zero-order valence-electron chi connectivity index (χ0n) is 15.0. The Morgan fingerprint density at radius 1 is 1.11 bits per heavy atom. The van der Waals surface area contributed by atoms with Crippen molar-refractivity contribution in [1.82, 2.24) is 4.90 Å². The molecule has 148 valence electrons. The number of halogens is 4. The number of carbonyl (C=O) groups excluding carboxylic acids is 2. The van der Waals surface area contributed by atoms with E-state index in [1.807, 2.05) is 6.92 Å². The van der Waals surface area contributed by atoms with Gasteiger partial charge in [-0.25, -0.2) is 0 Å². The van der Waals surface area contributed by atoms with E-state index in [4.69, 9.17) is 16.3 Å². The highest BCUT2D eigenvalue weighted by atomic mass is 35.5. The summed E-state index contributed by atoms with van der Waals surface area (Å²) in [5.74, 6) is -0.848. The number of rotatable bonds is 6. The normalized spacial score (nSPS) is 13.8. The first-order valence-electron chi connectivity index (χ1n) is 8.71. The number of imide groups is 1. The Kier molecular flexibility index (Phi) is 5.65. The van der Waals surface area contributed by atoms with E-state index in [9.17, 15) is 22.8 Å². The molecule has 0 aliphatic carbocycles. The number of carbonyl (C=O) groups is 2. The zero-order valence-corrected chi connectivity index (χ0v) is 15.7. The van der Waals surface area contributed by atoms with Gasteiger partial charge in [-0.3, -0.25) is 14.5 Å². The van der Waals surface area contributed by atoms with Gasteiger partial charge in [0.1, 0.15) is 5.75 Å². The lowest BCUT2D eigenvalue weighted by atomic mass is 10.1. The Morgan fingerprint density at radius 2 is 1.86 bits per heavy atom. The molecule has 28 heavy (non-hydrogen) atoms. The highest BCUT2D eigenvalue weighted by molar-refractivity contribution is 6.31. The van der Waals surface area contributed by atoms with Gasteiger partial charge in [0.15, 0.2) is 0 Å². The summed E-state index contributed by atoms with van der Waals surface area (Å²) in [6.07, 6.45) is -2.93. The molecular weight excluding hydrogens is 395 g/mol. The molecule has 1 heterocycles. The molecule has 0 bridgehead atoms. The van der Waals surface area contributed by atoms with Crippen molar-refractivity contribution in [3.05, 3.63) is 63.7 Å². The van der Waals surface area contributed by atoms with Gasteiger partial charge in [-0.1, -0.05) is 37.1 Å². The van der Waals surface area contributed by atoms with E-state index in [0.29, 0.717) is 12.4 Å². The van der Waals surface area contributed by atoms with E-state index in [1.54, 1.807) is 12.1 Å². The zero-order chi connectivity index (χ0) is 20.5. The van der Waals surface area contributed by atoms with Crippen molar-refractivity contribution in [3.8, 4) is 5.75 Å². The Balaban J connectivity index is 1.88. The van der Waals surface area contributed by atoms with Crippen molar-refractivity contribution in [3.63, 3.8) is 0 Å². The smallest absolute Gasteiger partial charge is 0.417 e. The number of nitrogens with zero attached hydrogens (tertiary/aromatic N) is 1. The van der Waals surface area contributed by atoms with E-state index in [-0.39, 0.29) is 23.2 Å². The topological polar surface area (TPSA) is 46.6 Å². The quantitative estimate of drug-likeness (QED) is 0.476. The van der Waals surface area contributed by atoms with E-state index in [2.05, 4.69) is 0 Å². The monoisotopic (exact) mass is 411 g/mol. The maximum absolute atomic E-state index is 13.1. The van der Waals surface area contributed by atoms with Gasteiger partial charge in [0.05, 0.1) is 34.9 Å². The first kappa shape index (κ1) is 20.2. The minimum atomic E-state index is -4.63. The average molecular weight is 412 g/mol. The third kappa shape index (κ3) is 3.85. The van der Waals surface area contributed by atoms with Crippen molar-refractivity contribution >= 4 is 23.4 Å². The molecule has 0 unspecified atom stereocenters. The van der Waals surface area contributed by atoms with Gasteiger partial charge in [0.25, 0.3) is 11.8 Å². The Hall–Kier alpha value is -2.54. The molecule has 2 aromatic rings. The number of unbranched alkanes of at least 4 members (excludes halogenated alkanes) is 1. The summed E-state index contributed by atoms with van der Waals surface area (Å²) in [6, 6.07) is 8.04. The molecule has 0 saturated carbocycles. The highest BCUT2D eigenvalue weighted by Crippen LogP contribution is 2.36. The summed E-state index contributed by atoms with van der Waals surface area (Å²) < 4.78 is 44.8. The standard InChI is InChI=1S/C20H17ClF3NO3/c1-2-3-9-28-16-6-4-5-13-17(16)19(27)25(18(13)26)11-12-7-8-15(21)14(10-12)20(22,23)24/h4-8,10H,2-3,9,11H2,1H3. The van der Waals surface area contributed by atoms with Gasteiger partial charge in [-0.15, -0.1) is 0 Å². The molecule has 0 atom stereocenters. The molecule has 1 aliphatic rings. The number of fused-ring (bicyclic) bond motifs is 1. The number of benzene rings is 2. The molecule has 2 aromatic carbocycles. The van der Waals surface area contributed by atoms with Crippen molar-refractivity contribution in [2.45, 2.75) is 32.5 Å². The Bertz CT molecular complexity index is 927. The van der Waals surface area contributed by atoms with E-state index in [0.717, 1.165) is 29.9 Å². The van der Waals surface area contributed by atoms with Crippen molar-refractivity contribution in [1.29, 1.82) is 0 Å². The lowest BCUT2D eigenvalue weighted by molar-refractivity contribution is -0.137. The van der Waals surface area contributed by atoms with Crippen LogP contribution in [0.3, 0.4) is 0 Å². The fourth-order valence-corrected chi connectivity index (χ4v) is 3.19. The van der Waals surface area contributed by atoms with Crippen molar-refractivity contribution in [2.24, 2.45) is 0 Å². The predicted octanol–water partition coefficient (Wildman–Crippen LogP) is 5.33. The largest absolute Gasteiger partial charge is 0.493 e. The van der Waals surface area contributed by atoms with Crippen LogP contribution in [0.4, 0.5) is 13.2 Å². The van der Waals surface area contributed by atoms with Crippen LogP contribution in [0.5, 0.6) is 5.75 Å². The van der Waals surface area contributed by atoms with Gasteiger partial charge in [0.2, 0.25) is 0 Å². The van der Waals surface area contributed by atoms with Gasteiger partial charge >= 0.3 is 6.18 Å². The summed E-state index contributed by atoms with van der Waals surface area (Å²) in [7, 11) is 0. The molecular formula is C20H17ClF3NO3. The van der Waals surface area contributed by atoms with Crippen LogP contribution in [0, 0.1) is 0 Å². The SMILES string of the molecule is CCCCOc1cccc2c1C(=O)N(Cc1ccc(Cl)c(C(F)(F)F)c1)C2=O. The minimum Gasteiger partial charge on any atom is -0.493 e. The number of amides is 2. The number of hydrogen-bond acceptors (Lipinski definition) is 3. The molecule has 0 aromatic heterocycles. The van der Waals surface area contributed by atoms with Crippen LogP contribution in [-0.4, -0.2) is 23.3 Å². The maximum atomic E-state index is 13.1. The molecule has 0 spiro atoms. The first-order valence-corrected chi connectivity index (χ1v) is 9.09. The third-order valence-corrected chi connectivity index (χ3v) is 4.72. The summed E-state index contributed by atoms with van der Waals surface area (Å²) >= 11 is 5.63. The summed E-state index contributed by atoms with van der Waals surface area (Å²) in [5.41, 5.74) is -0.524. The lowest BCUT2D eigenvalue weighted by Crippen LogP contribution is -2.29. The highest BCUT2D eigenvalue weighted by Gasteiger charge is 2.39. The predicted molar refractivity (Wildman–Crippen MR) is 97.5 cm³/mol. The van der Waals surface area contributed by atoms with Crippen molar-refractivity contribution in [2.75, 3.05) is 6.61 Å². The summed E-state index contributed by atoms with van der Waals surface area (Å²) in [4.78, 5) is 26.4. The minimum absolute atomic E-state index is 0.147. The van der Waals surface area contributed by atoms with Crippen LogP contribution in [0.25, 0.3) is 0 Å². The molecule has 4 nitrogen and oxygen atoms in total. The molecule has 0 radical (unpaired) electrons. The fourth-order valence-electron chi connectivity index (χ4n) is 2.96. The molecule has 0 N–H and O–H groups in total. The third-order valence-electron chi connectivity index (χ3n) is 4.39. The van der Waals surface area contributed by atoms with Crippen LogP contribution in [0.15, 0.2) is 36.4 Å². The molecule has 1 aliphatic heterocycles. The summed E-state index contributed by atoms with van der Waals surface area (Å²) in [5, 5.41) is -0.440. The van der Waals surface area contributed by atoms with Crippen LogP contribution < -0.4 is 4.74 Å². The van der Waals surface area contributed by atoms with Gasteiger partial charge in [-0.05, 0) is 36.2 Å². The number of hydrogen-bond donors (Lipinski definition) is 0. The van der Waals surface area contributed by atoms with E-state index >= 15 is 0 Å². The van der Waals surface area contributed by atoms with Crippen LogP contribution in [0.1, 0.15) is 51.6 Å². The second-order valence-corrected chi connectivity index (χ2v) is 6.80. The Labute approximate surface area is 164 Å². The lowest BCUT2D eigenvalue weighted by Gasteiger charge is -2.16. The maximum Gasteiger partial charge on any atom is 0.417 e. The van der Waals surface area contributed by atoms with Gasteiger partial charge in [0, 0.05) is 0 Å². The molecule has 0 fully saturated rings. The average Bonchev–Trinajstić information content (AvgIpc) is 2.88. The van der Waals surface area contributed by atoms with E-state index < -0.39 is 28.6 Å². The van der Waals surface area contributed by atoms with Crippen molar-refractivity contribution < 1.29 is 27.5 Å². The van der Waals surface area contributed by atoms with Crippen LogP contribution in [-0.2, 0) is 12.7 Å². The molecule has 8 heteroatoms. The molecule has 3 rings (SSSR count). The van der Waals surface area contributed by atoms with Gasteiger partial charge in [-0.2, -0.15) is 13.2 Å². The van der Waals surface area contributed by atoms with Gasteiger partial charge < -0.3 is 4.74 Å². The number of ether oxygens (including phenoxy) is 1. The van der Waals surface area contributed by atoms with E-state index in [1.165, 1.54) is 12.1 Å². The number of alkyl halides is 3. The first-order chi connectivity index (χ1) is 13.2.